The lowest BCUT2D eigenvalue weighted by atomic mass is 9.83. The number of anilines is 1. The predicted octanol–water partition coefficient (Wildman–Crippen LogP) is 5.18. The second-order valence-electron chi connectivity index (χ2n) is 10.0. The number of methoxy groups -OCH3 is 1. The SMILES string of the molecule is COC(=O)c1cc(OCCCC(=O)O)ccc1/C(=C1\C=C2CCCNC2=CC1)c1cc2c(cc1O)NCCC2. The van der Waals surface area contributed by atoms with Gasteiger partial charge in [0.15, 0.2) is 0 Å². The Morgan fingerprint density at radius 3 is 2.64 bits per heavy atom. The zero-order valence-electron chi connectivity index (χ0n) is 22.1. The number of hydrogen-bond donors (Lipinski definition) is 4. The average Bonchev–Trinajstić information content (AvgIpc) is 2.95. The number of fused-ring (bicyclic) bond motifs is 2. The Bertz CT molecular complexity index is 1390. The molecular weight excluding hydrogens is 496 g/mol. The standard InChI is InChI=1S/C31H34N2O6/c1-38-31(37)24-17-22(39-14-4-7-29(35)36)9-10-23(24)30(21-8-11-26-19(15-21)5-2-12-32-26)25-16-20-6-3-13-33-27(20)18-28(25)34/h9-11,15-18,32-34H,2-8,12-14H2,1H3,(H,35,36)/b30-21+. The van der Waals surface area contributed by atoms with Gasteiger partial charge in [-0.3, -0.25) is 4.79 Å². The number of phenolic OH excluding ortho intramolecular Hbond substituents is 1. The van der Waals surface area contributed by atoms with Crippen LogP contribution in [0.2, 0.25) is 0 Å². The lowest BCUT2D eigenvalue weighted by molar-refractivity contribution is -0.137. The number of carboxylic acids is 1. The first kappa shape index (κ1) is 26.4. The number of benzene rings is 2. The van der Waals surface area contributed by atoms with E-state index in [1.165, 1.54) is 12.7 Å². The highest BCUT2D eigenvalue weighted by molar-refractivity contribution is 6.00. The van der Waals surface area contributed by atoms with E-state index in [1.807, 2.05) is 12.1 Å². The van der Waals surface area contributed by atoms with Crippen molar-refractivity contribution in [3.63, 3.8) is 0 Å². The molecule has 1 saturated heterocycles. The Balaban J connectivity index is 1.64. The summed E-state index contributed by atoms with van der Waals surface area (Å²) < 4.78 is 10.9. The van der Waals surface area contributed by atoms with Crippen LogP contribution in [-0.2, 0) is 16.0 Å². The van der Waals surface area contributed by atoms with Gasteiger partial charge in [0.25, 0.3) is 0 Å². The molecule has 8 nitrogen and oxygen atoms in total. The molecule has 1 aliphatic carbocycles. The number of aryl methyl sites for hydroxylation is 1. The van der Waals surface area contributed by atoms with E-state index < -0.39 is 11.9 Å². The molecule has 2 aromatic rings. The number of esters is 1. The van der Waals surface area contributed by atoms with Crippen LogP contribution < -0.4 is 15.4 Å². The highest BCUT2D eigenvalue weighted by Crippen LogP contribution is 2.42. The van der Waals surface area contributed by atoms with Gasteiger partial charge in [0, 0.05) is 42.5 Å². The Labute approximate surface area is 228 Å². The topological polar surface area (TPSA) is 117 Å². The first-order valence-corrected chi connectivity index (χ1v) is 13.5. The summed E-state index contributed by atoms with van der Waals surface area (Å²) in [5.41, 5.74) is 7.87. The number of hydrogen-bond acceptors (Lipinski definition) is 7. The van der Waals surface area contributed by atoms with Gasteiger partial charge in [-0.1, -0.05) is 12.2 Å². The molecule has 0 aromatic heterocycles. The largest absolute Gasteiger partial charge is 0.507 e. The van der Waals surface area contributed by atoms with Crippen molar-refractivity contribution in [3.05, 3.63) is 81.6 Å². The average molecular weight is 531 g/mol. The normalized spacial score (nSPS) is 17.4. The number of aromatic hydroxyl groups is 1. The van der Waals surface area contributed by atoms with Gasteiger partial charge in [-0.05, 0) is 90.6 Å². The molecule has 2 heterocycles. The second-order valence-corrected chi connectivity index (χ2v) is 10.0. The minimum atomic E-state index is -0.882. The van der Waals surface area contributed by atoms with Gasteiger partial charge in [0.1, 0.15) is 11.5 Å². The van der Waals surface area contributed by atoms with Crippen LogP contribution in [0.15, 0.2) is 59.3 Å². The van der Waals surface area contributed by atoms with Gasteiger partial charge in [-0.25, -0.2) is 4.79 Å². The minimum absolute atomic E-state index is 0.00365. The van der Waals surface area contributed by atoms with Crippen molar-refractivity contribution >= 4 is 23.2 Å². The van der Waals surface area contributed by atoms with Crippen LogP contribution in [0.5, 0.6) is 11.5 Å². The van der Waals surface area contributed by atoms with E-state index in [9.17, 15) is 14.7 Å². The van der Waals surface area contributed by atoms with Crippen molar-refractivity contribution < 1.29 is 29.3 Å². The number of allylic oxidation sites excluding steroid dienone is 4. The number of piperidine rings is 1. The fourth-order valence-electron chi connectivity index (χ4n) is 5.48. The number of ether oxygens (including phenoxy) is 2. The van der Waals surface area contributed by atoms with E-state index in [1.54, 1.807) is 18.2 Å². The molecule has 0 atom stereocenters. The van der Waals surface area contributed by atoms with Crippen molar-refractivity contribution in [1.29, 1.82) is 0 Å². The van der Waals surface area contributed by atoms with Crippen LogP contribution in [0.1, 0.15) is 65.6 Å². The Morgan fingerprint density at radius 2 is 1.82 bits per heavy atom. The molecule has 1 fully saturated rings. The first-order valence-electron chi connectivity index (χ1n) is 13.5. The molecule has 2 aliphatic heterocycles. The molecule has 5 rings (SSSR count). The summed E-state index contributed by atoms with van der Waals surface area (Å²) in [5, 5.41) is 27.0. The molecule has 2 aromatic carbocycles. The smallest absolute Gasteiger partial charge is 0.338 e. The second kappa shape index (κ2) is 11.7. The quantitative estimate of drug-likeness (QED) is 0.273. The molecule has 0 unspecified atom stereocenters. The van der Waals surface area contributed by atoms with Crippen LogP contribution in [-0.4, -0.2) is 49.0 Å². The van der Waals surface area contributed by atoms with Crippen LogP contribution in [0.4, 0.5) is 5.69 Å². The zero-order chi connectivity index (χ0) is 27.4. The van der Waals surface area contributed by atoms with E-state index >= 15 is 0 Å². The van der Waals surface area contributed by atoms with Gasteiger partial charge >= 0.3 is 11.9 Å². The fourth-order valence-corrected chi connectivity index (χ4v) is 5.48. The molecule has 0 amide bonds. The Morgan fingerprint density at radius 1 is 1.00 bits per heavy atom. The van der Waals surface area contributed by atoms with Gasteiger partial charge < -0.3 is 30.3 Å². The van der Waals surface area contributed by atoms with E-state index in [0.29, 0.717) is 35.3 Å². The summed E-state index contributed by atoms with van der Waals surface area (Å²) in [6.07, 6.45) is 9.28. The molecular formula is C31H34N2O6. The Hall–Kier alpha value is -4.20. The van der Waals surface area contributed by atoms with E-state index in [0.717, 1.165) is 66.9 Å². The Kier molecular flexibility index (Phi) is 7.91. The van der Waals surface area contributed by atoms with Crippen molar-refractivity contribution in [2.75, 3.05) is 32.1 Å². The summed E-state index contributed by atoms with van der Waals surface area (Å²) in [5.74, 6) is -0.802. The van der Waals surface area contributed by atoms with Gasteiger partial charge in [0.05, 0.1) is 19.3 Å². The maximum Gasteiger partial charge on any atom is 0.338 e. The minimum Gasteiger partial charge on any atom is -0.507 e. The lowest BCUT2D eigenvalue weighted by Gasteiger charge is -2.27. The third-order valence-corrected chi connectivity index (χ3v) is 7.38. The predicted molar refractivity (Wildman–Crippen MR) is 149 cm³/mol. The monoisotopic (exact) mass is 530 g/mol. The number of aliphatic carboxylic acids is 1. The first-order chi connectivity index (χ1) is 18.9. The van der Waals surface area contributed by atoms with Gasteiger partial charge in [0.2, 0.25) is 0 Å². The summed E-state index contributed by atoms with van der Waals surface area (Å²) in [7, 11) is 1.34. The summed E-state index contributed by atoms with van der Waals surface area (Å²) >= 11 is 0. The number of carbonyl (C=O) groups excluding carboxylic acids is 1. The molecule has 3 aliphatic rings. The summed E-state index contributed by atoms with van der Waals surface area (Å²) in [6, 6.07) is 9.06. The van der Waals surface area contributed by atoms with Gasteiger partial charge in [-0.15, -0.1) is 0 Å². The van der Waals surface area contributed by atoms with Crippen LogP contribution in [0.3, 0.4) is 0 Å². The molecule has 0 bridgehead atoms. The van der Waals surface area contributed by atoms with Crippen LogP contribution >= 0.6 is 0 Å². The van der Waals surface area contributed by atoms with Gasteiger partial charge in [-0.2, -0.15) is 0 Å². The molecule has 0 radical (unpaired) electrons. The number of rotatable bonds is 8. The number of nitrogens with one attached hydrogen (secondary N) is 2. The van der Waals surface area contributed by atoms with Crippen molar-refractivity contribution in [1.82, 2.24) is 5.32 Å². The fraction of sp³-hybridized carbons (Fsp3) is 0.355. The van der Waals surface area contributed by atoms with Crippen molar-refractivity contribution in [2.45, 2.75) is 44.9 Å². The maximum atomic E-state index is 13.1. The maximum absolute atomic E-state index is 13.1. The van der Waals surface area contributed by atoms with Crippen LogP contribution in [0, 0.1) is 0 Å². The summed E-state index contributed by atoms with van der Waals surface area (Å²) in [4.78, 5) is 23.9. The third kappa shape index (κ3) is 5.79. The van der Waals surface area contributed by atoms with E-state index in [4.69, 9.17) is 14.6 Å². The molecule has 204 valence electrons. The third-order valence-electron chi connectivity index (χ3n) is 7.38. The number of carbonyl (C=O) groups is 2. The molecule has 0 saturated carbocycles. The highest BCUT2D eigenvalue weighted by atomic mass is 16.5. The number of carboxylic acid groups (broad SMARTS) is 1. The molecule has 0 spiro atoms. The summed E-state index contributed by atoms with van der Waals surface area (Å²) in [6.45, 7) is 2.03. The zero-order valence-corrected chi connectivity index (χ0v) is 22.1. The highest BCUT2D eigenvalue weighted by Gasteiger charge is 2.26. The van der Waals surface area contributed by atoms with E-state index in [2.05, 4.69) is 22.8 Å². The van der Waals surface area contributed by atoms with E-state index in [-0.39, 0.29) is 18.8 Å². The van der Waals surface area contributed by atoms with Crippen molar-refractivity contribution in [2.24, 2.45) is 0 Å². The molecule has 4 N–H and O–H groups in total. The van der Waals surface area contributed by atoms with Crippen LogP contribution in [0.25, 0.3) is 5.57 Å². The lowest BCUT2D eigenvalue weighted by Crippen LogP contribution is -2.23. The number of phenols is 1. The molecule has 8 heteroatoms. The molecule has 39 heavy (non-hydrogen) atoms. The van der Waals surface area contributed by atoms with Crippen molar-refractivity contribution in [3.8, 4) is 11.5 Å².